The Labute approximate surface area is 146 Å². The first-order valence-corrected chi connectivity index (χ1v) is 8.58. The van der Waals surface area contributed by atoms with E-state index >= 15 is 0 Å². The van der Waals surface area contributed by atoms with E-state index < -0.39 is 5.97 Å². The van der Waals surface area contributed by atoms with Crippen LogP contribution in [0.4, 0.5) is 0 Å². The number of piperidine rings is 1. The maximum Gasteiger partial charge on any atom is 0.356 e. The van der Waals surface area contributed by atoms with Gasteiger partial charge in [0.1, 0.15) is 0 Å². The lowest BCUT2D eigenvalue weighted by molar-refractivity contribution is 0.0688. The van der Waals surface area contributed by atoms with Gasteiger partial charge in [0, 0.05) is 30.9 Å². The molecular weight excluding hydrogens is 326 g/mol. The van der Waals surface area contributed by atoms with Crippen LogP contribution >= 0.6 is 11.6 Å². The van der Waals surface area contributed by atoms with E-state index in [1.165, 1.54) is 16.7 Å². The van der Waals surface area contributed by atoms with Crippen molar-refractivity contribution in [2.24, 2.45) is 0 Å². The Kier molecular flexibility index (Phi) is 4.92. The van der Waals surface area contributed by atoms with Gasteiger partial charge in [-0.3, -0.25) is 9.58 Å². The molecule has 1 aliphatic heterocycles. The summed E-state index contributed by atoms with van der Waals surface area (Å²) >= 11 is 6.11. The second-order valence-electron chi connectivity index (χ2n) is 6.51. The molecule has 5 nitrogen and oxygen atoms in total. The van der Waals surface area contributed by atoms with Crippen LogP contribution < -0.4 is 0 Å². The van der Waals surface area contributed by atoms with Crippen molar-refractivity contribution in [3.63, 3.8) is 0 Å². The number of nitrogens with zero attached hydrogens (tertiary/aromatic N) is 3. The Morgan fingerprint density at radius 3 is 2.46 bits per heavy atom. The van der Waals surface area contributed by atoms with Crippen LogP contribution in [-0.2, 0) is 6.54 Å². The molecule has 1 aliphatic rings. The fourth-order valence-corrected chi connectivity index (χ4v) is 3.74. The highest BCUT2D eigenvalue weighted by Crippen LogP contribution is 2.26. The third-order valence-electron chi connectivity index (χ3n) is 4.80. The molecule has 1 fully saturated rings. The van der Waals surface area contributed by atoms with Gasteiger partial charge >= 0.3 is 5.97 Å². The normalized spacial score (nSPS) is 16.5. The van der Waals surface area contributed by atoms with Crippen LogP contribution in [0.2, 0.25) is 5.02 Å². The molecule has 1 N–H and O–H groups in total. The van der Waals surface area contributed by atoms with E-state index in [-0.39, 0.29) is 11.7 Å². The number of hydrogen-bond donors (Lipinski definition) is 1. The van der Waals surface area contributed by atoms with Gasteiger partial charge in [0.05, 0.1) is 6.04 Å². The summed E-state index contributed by atoms with van der Waals surface area (Å²) in [4.78, 5) is 13.4. The summed E-state index contributed by atoms with van der Waals surface area (Å²) in [5, 5.41) is 13.9. The van der Waals surface area contributed by atoms with Crippen molar-refractivity contribution in [3.8, 4) is 0 Å². The summed E-state index contributed by atoms with van der Waals surface area (Å²) in [7, 11) is 0. The van der Waals surface area contributed by atoms with E-state index in [9.17, 15) is 4.79 Å². The van der Waals surface area contributed by atoms with E-state index in [1.807, 2.05) is 12.1 Å². The SMILES string of the molecule is Cc1cc(Cl)cc(C)c1CN1CCC(n2ccc(C(=O)O)n2)CC1. The first kappa shape index (κ1) is 17.0. The lowest BCUT2D eigenvalue weighted by atomic mass is 10.00. The molecule has 0 amide bonds. The Morgan fingerprint density at radius 2 is 1.92 bits per heavy atom. The van der Waals surface area contributed by atoms with E-state index in [2.05, 4.69) is 23.8 Å². The Bertz CT molecular complexity index is 725. The van der Waals surface area contributed by atoms with E-state index in [4.69, 9.17) is 16.7 Å². The van der Waals surface area contributed by atoms with Crippen LogP contribution in [0.1, 0.15) is 46.1 Å². The molecule has 24 heavy (non-hydrogen) atoms. The third-order valence-corrected chi connectivity index (χ3v) is 5.02. The molecule has 0 spiro atoms. The smallest absolute Gasteiger partial charge is 0.356 e. The van der Waals surface area contributed by atoms with Gasteiger partial charge in [-0.1, -0.05) is 11.6 Å². The van der Waals surface area contributed by atoms with E-state index in [0.717, 1.165) is 37.5 Å². The zero-order valence-corrected chi connectivity index (χ0v) is 14.8. The highest BCUT2D eigenvalue weighted by atomic mass is 35.5. The molecule has 1 aromatic carbocycles. The Balaban J connectivity index is 1.62. The fourth-order valence-electron chi connectivity index (χ4n) is 3.41. The number of rotatable bonds is 4. The number of carboxylic acids is 1. The molecule has 3 rings (SSSR count). The van der Waals surface area contributed by atoms with Crippen molar-refractivity contribution in [3.05, 3.63) is 51.8 Å². The maximum atomic E-state index is 10.9. The minimum atomic E-state index is -0.972. The summed E-state index contributed by atoms with van der Waals surface area (Å²) in [6.45, 7) is 7.11. The molecule has 1 saturated heterocycles. The summed E-state index contributed by atoms with van der Waals surface area (Å²) in [6.07, 6.45) is 3.73. The number of halogens is 1. The zero-order valence-electron chi connectivity index (χ0n) is 14.0. The monoisotopic (exact) mass is 347 g/mol. The minimum Gasteiger partial charge on any atom is -0.476 e. The molecule has 0 atom stereocenters. The van der Waals surface area contributed by atoms with Gasteiger partial charge in [-0.25, -0.2) is 4.79 Å². The average Bonchev–Trinajstić information content (AvgIpc) is 3.01. The predicted molar refractivity (Wildman–Crippen MR) is 93.7 cm³/mol. The predicted octanol–water partition coefficient (Wildman–Crippen LogP) is 3.69. The molecule has 2 aromatic rings. The summed E-state index contributed by atoms with van der Waals surface area (Å²) in [5.41, 5.74) is 3.94. The van der Waals surface area contributed by atoms with Crippen LogP contribution in [0.5, 0.6) is 0 Å². The highest BCUT2D eigenvalue weighted by molar-refractivity contribution is 6.30. The van der Waals surface area contributed by atoms with Crippen LogP contribution in [-0.4, -0.2) is 38.8 Å². The van der Waals surface area contributed by atoms with Gasteiger partial charge in [0.25, 0.3) is 0 Å². The number of aromatic carboxylic acids is 1. The molecule has 0 bridgehead atoms. The fraction of sp³-hybridized carbons (Fsp3) is 0.444. The Hall–Kier alpha value is -1.85. The van der Waals surface area contributed by atoms with Gasteiger partial charge < -0.3 is 5.11 Å². The zero-order chi connectivity index (χ0) is 17.3. The van der Waals surface area contributed by atoms with Crippen molar-refractivity contribution < 1.29 is 9.90 Å². The van der Waals surface area contributed by atoms with Crippen molar-refractivity contribution in [1.29, 1.82) is 0 Å². The first-order chi connectivity index (χ1) is 11.4. The number of benzene rings is 1. The van der Waals surface area contributed by atoms with Gasteiger partial charge in [0.15, 0.2) is 5.69 Å². The standard InChI is InChI=1S/C18H22ClN3O2/c1-12-9-14(19)10-13(2)16(12)11-21-6-3-15(4-7-21)22-8-5-17(20-22)18(23)24/h5,8-10,15H,3-4,6-7,11H2,1-2H3,(H,23,24). The second kappa shape index (κ2) is 6.95. The van der Waals surface area contributed by atoms with Crippen LogP contribution in [0.25, 0.3) is 0 Å². The number of aryl methyl sites for hydroxylation is 2. The molecule has 2 heterocycles. The number of carbonyl (C=O) groups is 1. The van der Waals surface area contributed by atoms with Gasteiger partial charge in [0.2, 0.25) is 0 Å². The van der Waals surface area contributed by atoms with E-state index in [1.54, 1.807) is 16.9 Å². The highest BCUT2D eigenvalue weighted by Gasteiger charge is 2.22. The van der Waals surface area contributed by atoms with Crippen LogP contribution in [0.3, 0.4) is 0 Å². The summed E-state index contributed by atoms with van der Waals surface area (Å²) < 4.78 is 1.81. The molecule has 1 aromatic heterocycles. The molecule has 6 heteroatoms. The molecule has 0 radical (unpaired) electrons. The van der Waals surface area contributed by atoms with Gasteiger partial charge in [-0.15, -0.1) is 0 Å². The first-order valence-electron chi connectivity index (χ1n) is 8.20. The molecule has 0 unspecified atom stereocenters. The lowest BCUT2D eigenvalue weighted by Crippen LogP contribution is -2.34. The van der Waals surface area contributed by atoms with Crippen molar-refractivity contribution >= 4 is 17.6 Å². The van der Waals surface area contributed by atoms with Gasteiger partial charge in [-0.05, 0) is 61.6 Å². The number of aromatic nitrogens is 2. The van der Waals surface area contributed by atoms with Crippen molar-refractivity contribution in [2.45, 2.75) is 39.3 Å². The van der Waals surface area contributed by atoms with Crippen LogP contribution in [0.15, 0.2) is 24.4 Å². The third kappa shape index (κ3) is 3.62. The van der Waals surface area contributed by atoms with Crippen molar-refractivity contribution in [2.75, 3.05) is 13.1 Å². The maximum absolute atomic E-state index is 10.9. The topological polar surface area (TPSA) is 58.4 Å². The lowest BCUT2D eigenvalue weighted by Gasteiger charge is -2.32. The second-order valence-corrected chi connectivity index (χ2v) is 6.95. The number of carboxylic acid groups (broad SMARTS) is 1. The summed E-state index contributed by atoms with van der Waals surface area (Å²) in [5.74, 6) is -0.972. The molecule has 0 saturated carbocycles. The van der Waals surface area contributed by atoms with Crippen molar-refractivity contribution in [1.82, 2.24) is 14.7 Å². The Morgan fingerprint density at radius 1 is 1.29 bits per heavy atom. The number of likely N-dealkylation sites (tertiary alicyclic amines) is 1. The minimum absolute atomic E-state index is 0.116. The van der Waals surface area contributed by atoms with Crippen LogP contribution in [0, 0.1) is 13.8 Å². The van der Waals surface area contributed by atoms with E-state index in [0.29, 0.717) is 0 Å². The largest absolute Gasteiger partial charge is 0.476 e. The summed E-state index contributed by atoms with van der Waals surface area (Å²) in [6, 6.07) is 5.89. The molecule has 0 aliphatic carbocycles. The quantitative estimate of drug-likeness (QED) is 0.916. The molecular formula is C18H22ClN3O2. The molecule has 128 valence electrons. The van der Waals surface area contributed by atoms with Gasteiger partial charge in [-0.2, -0.15) is 5.10 Å². The average molecular weight is 348 g/mol. The number of hydrogen-bond acceptors (Lipinski definition) is 3.